The monoisotopic (exact) mass is 392 g/mol. The zero-order chi connectivity index (χ0) is 16.8. The highest BCUT2D eigenvalue weighted by Crippen LogP contribution is 2.36. The predicted molar refractivity (Wildman–Crippen MR) is 89.7 cm³/mol. The number of rotatable bonds is 1. The van der Waals surface area contributed by atoms with Gasteiger partial charge in [-0.05, 0) is 22.0 Å². The SMILES string of the molecule is CNC(=O)OC1CN(C2=Nc3ncc(Br)cc3N3CC(=O)N=C23)C1. The summed E-state index contributed by atoms with van der Waals surface area (Å²) >= 11 is 3.38. The molecule has 0 aliphatic carbocycles. The maximum Gasteiger partial charge on any atom is 0.407 e. The lowest BCUT2D eigenvalue weighted by Gasteiger charge is -2.42. The van der Waals surface area contributed by atoms with E-state index in [1.165, 1.54) is 7.05 Å². The average molecular weight is 393 g/mol. The van der Waals surface area contributed by atoms with Crippen LogP contribution in [0, 0.1) is 0 Å². The fourth-order valence-corrected chi connectivity index (χ4v) is 3.08. The molecule has 0 unspecified atom stereocenters. The van der Waals surface area contributed by atoms with Gasteiger partial charge in [0.05, 0.1) is 18.8 Å². The molecule has 1 N–H and O–H groups in total. The van der Waals surface area contributed by atoms with Gasteiger partial charge in [0.25, 0.3) is 5.91 Å². The number of fused-ring (bicyclic) bond motifs is 3. The van der Waals surface area contributed by atoms with Crippen molar-refractivity contribution in [3.05, 3.63) is 16.7 Å². The van der Waals surface area contributed by atoms with Crippen molar-refractivity contribution in [3.8, 4) is 0 Å². The summed E-state index contributed by atoms with van der Waals surface area (Å²) in [5.41, 5.74) is 0.747. The Morgan fingerprint density at radius 3 is 2.92 bits per heavy atom. The third-order valence-electron chi connectivity index (χ3n) is 3.92. The van der Waals surface area contributed by atoms with Gasteiger partial charge in [-0.2, -0.15) is 4.99 Å². The Labute approximate surface area is 145 Å². The summed E-state index contributed by atoms with van der Waals surface area (Å²) in [5.74, 6) is 1.42. The number of nitrogens with one attached hydrogen (secondary N) is 1. The molecule has 124 valence electrons. The van der Waals surface area contributed by atoms with Crippen LogP contribution >= 0.6 is 15.9 Å². The van der Waals surface area contributed by atoms with Crippen molar-refractivity contribution in [3.63, 3.8) is 0 Å². The molecule has 0 bridgehead atoms. The van der Waals surface area contributed by atoms with Crippen LogP contribution < -0.4 is 10.2 Å². The number of carbonyl (C=O) groups excluding carboxylic acids is 2. The first-order valence-corrected chi connectivity index (χ1v) is 8.11. The van der Waals surface area contributed by atoms with E-state index in [4.69, 9.17) is 4.74 Å². The number of hydrogen-bond donors (Lipinski definition) is 1. The van der Waals surface area contributed by atoms with Gasteiger partial charge in [-0.3, -0.25) is 4.79 Å². The van der Waals surface area contributed by atoms with Crippen molar-refractivity contribution >= 4 is 51.1 Å². The van der Waals surface area contributed by atoms with Gasteiger partial charge in [-0.1, -0.05) is 0 Å². The van der Waals surface area contributed by atoms with Gasteiger partial charge in [-0.25, -0.2) is 14.8 Å². The number of ether oxygens (including phenoxy) is 1. The number of nitrogens with zero attached hydrogens (tertiary/aromatic N) is 5. The van der Waals surface area contributed by atoms with E-state index < -0.39 is 6.09 Å². The van der Waals surface area contributed by atoms with Gasteiger partial charge in [0, 0.05) is 17.7 Å². The molecule has 24 heavy (non-hydrogen) atoms. The van der Waals surface area contributed by atoms with E-state index in [0.29, 0.717) is 30.6 Å². The zero-order valence-electron chi connectivity index (χ0n) is 12.7. The zero-order valence-corrected chi connectivity index (χ0v) is 14.3. The first-order chi connectivity index (χ1) is 11.5. The van der Waals surface area contributed by atoms with Gasteiger partial charge in [-0.15, -0.1) is 0 Å². The summed E-state index contributed by atoms with van der Waals surface area (Å²) in [4.78, 5) is 39.7. The third kappa shape index (κ3) is 2.42. The Hall–Kier alpha value is -2.49. The first-order valence-electron chi connectivity index (χ1n) is 7.32. The molecule has 10 heteroatoms. The molecule has 3 aliphatic rings. The first kappa shape index (κ1) is 15.1. The average Bonchev–Trinajstić information content (AvgIpc) is 2.92. The molecule has 0 radical (unpaired) electrons. The lowest BCUT2D eigenvalue weighted by Crippen LogP contribution is -2.59. The van der Waals surface area contributed by atoms with Gasteiger partial charge < -0.3 is 19.9 Å². The molecule has 9 nitrogen and oxygen atoms in total. The Kier molecular flexibility index (Phi) is 3.48. The van der Waals surface area contributed by atoms with Crippen molar-refractivity contribution in [2.24, 2.45) is 9.98 Å². The molecule has 1 aromatic rings. The number of carbonyl (C=O) groups is 2. The molecule has 2 amide bonds. The number of likely N-dealkylation sites (tertiary alicyclic amines) is 1. The highest BCUT2D eigenvalue weighted by atomic mass is 79.9. The second kappa shape index (κ2) is 5.55. The van der Waals surface area contributed by atoms with E-state index in [0.717, 1.165) is 10.2 Å². The summed E-state index contributed by atoms with van der Waals surface area (Å²) in [6.07, 6.45) is 0.989. The summed E-state index contributed by atoms with van der Waals surface area (Å²) < 4.78 is 5.99. The minimum absolute atomic E-state index is 0.172. The van der Waals surface area contributed by atoms with Crippen LogP contribution in [0.25, 0.3) is 0 Å². The van der Waals surface area contributed by atoms with Crippen LogP contribution in [-0.4, -0.2) is 66.3 Å². The maximum absolute atomic E-state index is 11.8. The molecule has 0 aromatic carbocycles. The second-order valence-electron chi connectivity index (χ2n) is 5.53. The quantitative estimate of drug-likeness (QED) is 0.753. The van der Waals surface area contributed by atoms with Gasteiger partial charge in [0.15, 0.2) is 17.5 Å². The Balaban J connectivity index is 1.61. The molecule has 3 aliphatic heterocycles. The van der Waals surface area contributed by atoms with Gasteiger partial charge in [0.2, 0.25) is 0 Å². The lowest BCUT2D eigenvalue weighted by atomic mass is 10.1. The van der Waals surface area contributed by atoms with Gasteiger partial charge in [0.1, 0.15) is 12.6 Å². The number of halogens is 1. The number of amidine groups is 2. The molecule has 0 atom stereocenters. The van der Waals surface area contributed by atoms with E-state index in [2.05, 4.69) is 36.2 Å². The van der Waals surface area contributed by atoms with Crippen molar-refractivity contribution < 1.29 is 14.3 Å². The van der Waals surface area contributed by atoms with Crippen molar-refractivity contribution in [1.82, 2.24) is 15.2 Å². The largest absolute Gasteiger partial charge is 0.442 e. The molecular weight excluding hydrogens is 380 g/mol. The molecule has 1 fully saturated rings. The molecule has 1 aromatic heterocycles. The Bertz CT molecular complexity index is 802. The standard InChI is InChI=1S/C14H13BrN6O3/c1-16-14(23)24-8-4-20(5-8)12-13-18-10(22)6-21(13)9-2-7(15)3-17-11(9)19-12/h2-3,8H,4-6H2,1H3,(H,16,23). The summed E-state index contributed by atoms with van der Waals surface area (Å²) in [6.45, 7) is 1.17. The van der Waals surface area contributed by atoms with Crippen molar-refractivity contribution in [2.45, 2.75) is 6.10 Å². The highest BCUT2D eigenvalue weighted by molar-refractivity contribution is 9.10. The van der Waals surface area contributed by atoms with E-state index >= 15 is 0 Å². The van der Waals surface area contributed by atoms with Crippen molar-refractivity contribution in [2.75, 3.05) is 31.6 Å². The van der Waals surface area contributed by atoms with Crippen LogP contribution in [0.5, 0.6) is 0 Å². The fraction of sp³-hybridized carbons (Fsp3) is 0.357. The van der Waals surface area contributed by atoms with Gasteiger partial charge >= 0.3 is 6.09 Å². The molecule has 4 heterocycles. The smallest absolute Gasteiger partial charge is 0.407 e. The maximum atomic E-state index is 11.8. The molecule has 0 saturated carbocycles. The predicted octanol–water partition coefficient (Wildman–Crippen LogP) is 0.673. The van der Waals surface area contributed by atoms with Crippen LogP contribution in [-0.2, 0) is 9.53 Å². The third-order valence-corrected chi connectivity index (χ3v) is 4.36. The minimum atomic E-state index is -0.461. The summed E-state index contributed by atoms with van der Waals surface area (Å²) in [6, 6.07) is 1.87. The van der Waals surface area contributed by atoms with Crippen LogP contribution in [0.1, 0.15) is 0 Å². The van der Waals surface area contributed by atoms with Crippen molar-refractivity contribution in [1.29, 1.82) is 0 Å². The number of hydrogen-bond acceptors (Lipinski definition) is 7. The molecular formula is C14H13BrN6O3. The number of pyridine rings is 1. The number of alkyl carbamates (subject to hydrolysis) is 1. The lowest BCUT2D eigenvalue weighted by molar-refractivity contribution is -0.115. The number of aliphatic imine (C=N–C) groups is 2. The summed E-state index contributed by atoms with van der Waals surface area (Å²) in [7, 11) is 1.52. The number of anilines is 1. The van der Waals surface area contributed by atoms with Crippen LogP contribution in [0.2, 0.25) is 0 Å². The van der Waals surface area contributed by atoms with E-state index in [9.17, 15) is 9.59 Å². The summed E-state index contributed by atoms with van der Waals surface area (Å²) in [5, 5.41) is 2.42. The highest BCUT2D eigenvalue weighted by Gasteiger charge is 2.41. The minimum Gasteiger partial charge on any atom is -0.442 e. The normalized spacial score (nSPS) is 19.2. The topological polar surface area (TPSA) is 99.5 Å². The fourth-order valence-electron chi connectivity index (χ4n) is 2.76. The van der Waals surface area contributed by atoms with E-state index in [-0.39, 0.29) is 18.6 Å². The molecule has 4 rings (SSSR count). The van der Waals surface area contributed by atoms with E-state index in [1.807, 2.05) is 15.9 Å². The molecule has 1 saturated heterocycles. The van der Waals surface area contributed by atoms with Crippen LogP contribution in [0.4, 0.5) is 16.3 Å². The van der Waals surface area contributed by atoms with Crippen LogP contribution in [0.15, 0.2) is 26.7 Å². The molecule has 0 spiro atoms. The number of amides is 2. The van der Waals surface area contributed by atoms with Crippen LogP contribution in [0.3, 0.4) is 0 Å². The van der Waals surface area contributed by atoms with E-state index in [1.54, 1.807) is 6.20 Å². The second-order valence-corrected chi connectivity index (χ2v) is 6.44. The number of aromatic nitrogens is 1. The Morgan fingerprint density at radius 1 is 1.38 bits per heavy atom. The Morgan fingerprint density at radius 2 is 2.17 bits per heavy atom.